The van der Waals surface area contributed by atoms with Crippen molar-refractivity contribution in [3.8, 4) is 0 Å². The van der Waals surface area contributed by atoms with Gasteiger partial charge >= 0.3 is 0 Å². The largest absolute Gasteiger partial charge is 0.309 e. The number of hydrogen-bond acceptors (Lipinski definition) is 4. The molecule has 0 bridgehead atoms. The van der Waals surface area contributed by atoms with Crippen molar-refractivity contribution in [2.75, 3.05) is 6.54 Å². The lowest BCUT2D eigenvalue weighted by molar-refractivity contribution is 0.557. The SMILES string of the molecule is CCNC(Cc1nc2ccccc2s1)c1cc(C)c(C)s1. The monoisotopic (exact) mass is 316 g/mol. The fraction of sp³-hybridized carbons (Fsp3) is 0.353. The number of fused-ring (bicyclic) bond motifs is 1. The third-order valence-electron chi connectivity index (χ3n) is 3.70. The minimum absolute atomic E-state index is 0.368. The molecule has 0 amide bonds. The number of thiazole rings is 1. The van der Waals surface area contributed by atoms with Gasteiger partial charge in [0.1, 0.15) is 0 Å². The van der Waals surface area contributed by atoms with E-state index < -0.39 is 0 Å². The van der Waals surface area contributed by atoms with Gasteiger partial charge in [-0.15, -0.1) is 22.7 Å². The molecule has 1 aromatic carbocycles. The summed E-state index contributed by atoms with van der Waals surface area (Å²) in [5.74, 6) is 0. The molecule has 0 spiro atoms. The molecule has 1 unspecified atom stereocenters. The maximum Gasteiger partial charge on any atom is 0.0957 e. The lowest BCUT2D eigenvalue weighted by Gasteiger charge is -2.14. The van der Waals surface area contributed by atoms with Gasteiger partial charge in [0.05, 0.1) is 15.2 Å². The fourth-order valence-electron chi connectivity index (χ4n) is 2.48. The van der Waals surface area contributed by atoms with E-state index in [1.54, 1.807) is 0 Å². The van der Waals surface area contributed by atoms with E-state index in [0.29, 0.717) is 6.04 Å². The first-order chi connectivity index (χ1) is 10.2. The summed E-state index contributed by atoms with van der Waals surface area (Å²) < 4.78 is 1.28. The molecule has 3 aromatic rings. The van der Waals surface area contributed by atoms with E-state index in [4.69, 9.17) is 4.98 Å². The predicted molar refractivity (Wildman–Crippen MR) is 93.5 cm³/mol. The van der Waals surface area contributed by atoms with Crippen molar-refractivity contribution in [1.29, 1.82) is 0 Å². The number of nitrogens with zero attached hydrogens (tertiary/aromatic N) is 1. The lowest BCUT2D eigenvalue weighted by Crippen LogP contribution is -2.22. The maximum absolute atomic E-state index is 4.77. The van der Waals surface area contributed by atoms with Gasteiger partial charge in [-0.2, -0.15) is 0 Å². The van der Waals surface area contributed by atoms with Crippen LogP contribution in [0.1, 0.15) is 33.3 Å². The topological polar surface area (TPSA) is 24.9 Å². The highest BCUT2D eigenvalue weighted by Crippen LogP contribution is 2.31. The summed E-state index contributed by atoms with van der Waals surface area (Å²) >= 11 is 3.71. The molecule has 0 aliphatic heterocycles. The highest BCUT2D eigenvalue weighted by molar-refractivity contribution is 7.18. The van der Waals surface area contributed by atoms with Gasteiger partial charge in [-0.25, -0.2) is 4.98 Å². The molecular weight excluding hydrogens is 296 g/mol. The van der Waals surface area contributed by atoms with Gasteiger partial charge in [-0.3, -0.25) is 0 Å². The number of benzene rings is 1. The van der Waals surface area contributed by atoms with Crippen LogP contribution < -0.4 is 5.32 Å². The third kappa shape index (κ3) is 3.18. The number of likely N-dealkylation sites (N-methyl/N-ethyl adjacent to an activating group) is 1. The molecule has 2 nitrogen and oxygen atoms in total. The third-order valence-corrected chi connectivity index (χ3v) is 6.02. The lowest BCUT2D eigenvalue weighted by atomic mass is 10.1. The van der Waals surface area contributed by atoms with E-state index in [9.17, 15) is 0 Å². The smallest absolute Gasteiger partial charge is 0.0957 e. The Morgan fingerprint density at radius 1 is 1.19 bits per heavy atom. The zero-order valence-corrected chi connectivity index (χ0v) is 14.3. The molecule has 0 saturated carbocycles. The highest BCUT2D eigenvalue weighted by Gasteiger charge is 2.16. The van der Waals surface area contributed by atoms with Gasteiger partial charge in [-0.1, -0.05) is 19.1 Å². The van der Waals surface area contributed by atoms with Crippen LogP contribution in [0.5, 0.6) is 0 Å². The first-order valence-electron chi connectivity index (χ1n) is 7.32. The summed E-state index contributed by atoms with van der Waals surface area (Å²) in [5, 5.41) is 4.82. The van der Waals surface area contributed by atoms with Crippen LogP contribution in [0.3, 0.4) is 0 Å². The van der Waals surface area contributed by atoms with Crippen molar-refractivity contribution in [1.82, 2.24) is 10.3 Å². The number of hydrogen-bond donors (Lipinski definition) is 1. The van der Waals surface area contributed by atoms with Crippen molar-refractivity contribution in [2.24, 2.45) is 0 Å². The van der Waals surface area contributed by atoms with E-state index in [1.807, 2.05) is 22.7 Å². The molecule has 2 aromatic heterocycles. The molecule has 4 heteroatoms. The summed E-state index contributed by atoms with van der Waals surface area (Å²) in [6.07, 6.45) is 0.965. The van der Waals surface area contributed by atoms with Crippen LogP contribution in [0.25, 0.3) is 10.2 Å². The van der Waals surface area contributed by atoms with E-state index in [2.05, 4.69) is 56.4 Å². The molecule has 0 fully saturated rings. The van der Waals surface area contributed by atoms with Crippen LogP contribution in [0.4, 0.5) is 0 Å². The van der Waals surface area contributed by atoms with Crippen molar-refractivity contribution < 1.29 is 0 Å². The molecular formula is C17H20N2S2. The molecule has 0 aliphatic carbocycles. The fourth-order valence-corrected chi connectivity index (χ4v) is 4.61. The Morgan fingerprint density at radius 3 is 2.67 bits per heavy atom. The van der Waals surface area contributed by atoms with Gasteiger partial charge in [0.15, 0.2) is 0 Å². The van der Waals surface area contributed by atoms with Gasteiger partial charge < -0.3 is 5.32 Å². The molecule has 110 valence electrons. The Hall–Kier alpha value is -1.23. The number of rotatable bonds is 5. The van der Waals surface area contributed by atoms with E-state index in [0.717, 1.165) is 18.5 Å². The molecule has 2 heterocycles. The first-order valence-corrected chi connectivity index (χ1v) is 8.95. The highest BCUT2D eigenvalue weighted by atomic mass is 32.1. The van der Waals surface area contributed by atoms with Crippen molar-refractivity contribution in [3.05, 3.63) is 50.7 Å². The summed E-state index contributed by atoms with van der Waals surface area (Å²) in [4.78, 5) is 7.61. The number of aryl methyl sites for hydroxylation is 2. The summed E-state index contributed by atoms with van der Waals surface area (Å²) in [6.45, 7) is 7.53. The zero-order valence-electron chi connectivity index (χ0n) is 12.6. The van der Waals surface area contributed by atoms with E-state index in [-0.39, 0.29) is 0 Å². The second-order valence-electron chi connectivity index (χ2n) is 5.28. The second kappa shape index (κ2) is 6.26. The number of thiophene rings is 1. The standard InChI is InChI=1S/C17H20N2S2/c1-4-18-14(16-9-11(2)12(3)20-16)10-17-19-13-7-5-6-8-15(13)21-17/h5-9,14,18H,4,10H2,1-3H3. The molecule has 0 saturated heterocycles. The van der Waals surface area contributed by atoms with Crippen molar-refractivity contribution in [3.63, 3.8) is 0 Å². The van der Waals surface area contributed by atoms with Gasteiger partial charge in [0.25, 0.3) is 0 Å². The Bertz CT molecular complexity index is 690. The Balaban J connectivity index is 1.87. The molecule has 0 aliphatic rings. The summed E-state index contributed by atoms with van der Waals surface area (Å²) in [7, 11) is 0. The van der Waals surface area contributed by atoms with Crippen LogP contribution in [-0.4, -0.2) is 11.5 Å². The molecule has 1 N–H and O–H groups in total. The summed E-state index contributed by atoms with van der Waals surface area (Å²) in [6, 6.07) is 11.1. The van der Waals surface area contributed by atoms with Crippen LogP contribution in [-0.2, 0) is 6.42 Å². The first kappa shape index (κ1) is 14.7. The second-order valence-corrected chi connectivity index (χ2v) is 7.68. The minimum Gasteiger partial charge on any atom is -0.309 e. The van der Waals surface area contributed by atoms with Crippen molar-refractivity contribution in [2.45, 2.75) is 33.2 Å². The molecule has 1 atom stereocenters. The Kier molecular flexibility index (Phi) is 4.38. The Morgan fingerprint density at radius 2 is 2.00 bits per heavy atom. The van der Waals surface area contributed by atoms with Gasteiger partial charge in [0, 0.05) is 22.2 Å². The summed E-state index contributed by atoms with van der Waals surface area (Å²) in [5.41, 5.74) is 2.51. The quantitative estimate of drug-likeness (QED) is 0.726. The van der Waals surface area contributed by atoms with Crippen LogP contribution >= 0.6 is 22.7 Å². The average Bonchev–Trinajstić information content (AvgIpc) is 3.02. The molecule has 21 heavy (non-hydrogen) atoms. The number of aromatic nitrogens is 1. The van der Waals surface area contributed by atoms with Crippen molar-refractivity contribution >= 4 is 32.9 Å². The minimum atomic E-state index is 0.368. The van der Waals surface area contributed by atoms with Gasteiger partial charge in [0.2, 0.25) is 0 Å². The van der Waals surface area contributed by atoms with E-state index >= 15 is 0 Å². The van der Waals surface area contributed by atoms with E-state index in [1.165, 1.54) is 25.0 Å². The van der Waals surface area contributed by atoms with Crippen LogP contribution in [0, 0.1) is 13.8 Å². The predicted octanol–water partition coefficient (Wildman–Crippen LogP) is 4.87. The zero-order chi connectivity index (χ0) is 14.8. The average molecular weight is 316 g/mol. The molecule has 3 rings (SSSR count). The number of para-hydroxylation sites is 1. The number of nitrogens with one attached hydrogen (secondary N) is 1. The molecule has 0 radical (unpaired) electrons. The normalized spacial score (nSPS) is 12.9. The maximum atomic E-state index is 4.77. The van der Waals surface area contributed by atoms with Crippen LogP contribution in [0.15, 0.2) is 30.3 Å². The Labute approximate surface area is 133 Å². The van der Waals surface area contributed by atoms with Crippen LogP contribution in [0.2, 0.25) is 0 Å². The van der Waals surface area contributed by atoms with Gasteiger partial charge in [-0.05, 0) is 44.2 Å².